The van der Waals surface area contributed by atoms with E-state index >= 15 is 0 Å². The van der Waals surface area contributed by atoms with Crippen LogP contribution in [-0.4, -0.2) is 9.78 Å². The van der Waals surface area contributed by atoms with E-state index in [-0.39, 0.29) is 5.41 Å². The van der Waals surface area contributed by atoms with Crippen LogP contribution in [-0.2, 0) is 12.0 Å². The van der Waals surface area contributed by atoms with Crippen molar-refractivity contribution in [2.75, 3.05) is 0 Å². The molecule has 0 aromatic carbocycles. The van der Waals surface area contributed by atoms with Crippen LogP contribution in [0, 0.1) is 17.2 Å². The number of nitrogens with zero attached hydrogens (tertiary/aromatic N) is 3. The van der Waals surface area contributed by atoms with Gasteiger partial charge in [-0.3, -0.25) is 4.68 Å². The van der Waals surface area contributed by atoms with Gasteiger partial charge in [-0.2, -0.15) is 10.4 Å². The molecule has 0 bridgehead atoms. The van der Waals surface area contributed by atoms with Crippen LogP contribution in [0.3, 0.4) is 0 Å². The molecule has 0 aliphatic heterocycles. The number of rotatable bonds is 3. The van der Waals surface area contributed by atoms with E-state index < -0.39 is 0 Å². The monoisotopic (exact) mass is 189 g/mol. The summed E-state index contributed by atoms with van der Waals surface area (Å²) < 4.78 is 1.94. The lowest BCUT2D eigenvalue weighted by atomic mass is 10.0. The molecule has 3 heteroatoms. The van der Waals surface area contributed by atoms with Crippen molar-refractivity contribution in [1.82, 2.24) is 9.78 Å². The van der Waals surface area contributed by atoms with Gasteiger partial charge in [0.25, 0.3) is 0 Å². The fourth-order valence-electron chi connectivity index (χ4n) is 1.67. The summed E-state index contributed by atoms with van der Waals surface area (Å²) in [6.07, 6.45) is 5.86. The molecule has 14 heavy (non-hydrogen) atoms. The first kappa shape index (κ1) is 9.26. The van der Waals surface area contributed by atoms with Crippen LogP contribution >= 0.6 is 0 Å². The topological polar surface area (TPSA) is 41.6 Å². The highest BCUT2D eigenvalue weighted by atomic mass is 15.3. The van der Waals surface area contributed by atoms with Crippen LogP contribution < -0.4 is 0 Å². The van der Waals surface area contributed by atoms with Crippen LogP contribution in [0.4, 0.5) is 0 Å². The van der Waals surface area contributed by atoms with Crippen molar-refractivity contribution in [1.29, 1.82) is 5.26 Å². The third-order valence-corrected chi connectivity index (χ3v) is 2.70. The van der Waals surface area contributed by atoms with Crippen molar-refractivity contribution >= 4 is 0 Å². The van der Waals surface area contributed by atoms with E-state index in [9.17, 15) is 0 Å². The molecule has 1 fully saturated rings. The molecule has 3 nitrogen and oxygen atoms in total. The fraction of sp³-hybridized carbons (Fsp3) is 0.636. The van der Waals surface area contributed by atoms with Gasteiger partial charge >= 0.3 is 0 Å². The molecule has 1 aromatic heterocycles. The highest BCUT2D eigenvalue weighted by molar-refractivity contribution is 5.35. The molecule has 0 unspecified atom stereocenters. The molecule has 74 valence electrons. The van der Waals surface area contributed by atoms with Crippen LogP contribution in [0.1, 0.15) is 32.3 Å². The quantitative estimate of drug-likeness (QED) is 0.730. The molecule has 1 aliphatic carbocycles. The first-order valence-corrected chi connectivity index (χ1v) is 5.10. The summed E-state index contributed by atoms with van der Waals surface area (Å²) >= 11 is 0. The summed E-state index contributed by atoms with van der Waals surface area (Å²) in [5.74, 6) is 0.597. The van der Waals surface area contributed by atoms with Gasteiger partial charge in [-0.05, 0) is 18.8 Å². The summed E-state index contributed by atoms with van der Waals surface area (Å²) in [4.78, 5) is 0. The third kappa shape index (κ3) is 1.52. The van der Waals surface area contributed by atoms with Gasteiger partial charge in [0.2, 0.25) is 0 Å². The minimum atomic E-state index is -0.185. The average Bonchev–Trinajstić information content (AvgIpc) is 2.81. The van der Waals surface area contributed by atoms with Gasteiger partial charge in [-0.1, -0.05) is 13.8 Å². The molecule has 1 aliphatic rings. The smallest absolute Gasteiger partial charge is 0.0854 e. The first-order valence-electron chi connectivity index (χ1n) is 5.10. The van der Waals surface area contributed by atoms with E-state index in [1.54, 1.807) is 0 Å². The van der Waals surface area contributed by atoms with Gasteiger partial charge in [0.1, 0.15) is 0 Å². The Bertz CT molecular complexity index is 366. The summed E-state index contributed by atoms with van der Waals surface area (Å²) in [6, 6.07) is 2.38. The van der Waals surface area contributed by atoms with Gasteiger partial charge in [-0.15, -0.1) is 0 Å². The van der Waals surface area contributed by atoms with Crippen molar-refractivity contribution in [3.63, 3.8) is 0 Å². The first-order chi connectivity index (χ1) is 6.66. The number of nitriles is 1. The number of aromatic nitrogens is 2. The maximum atomic E-state index is 9.01. The molecule has 0 N–H and O–H groups in total. The van der Waals surface area contributed by atoms with Crippen LogP contribution in [0.25, 0.3) is 0 Å². The maximum absolute atomic E-state index is 9.01. The van der Waals surface area contributed by atoms with Crippen molar-refractivity contribution in [3.05, 3.63) is 18.0 Å². The molecule has 0 spiro atoms. The molecule has 0 radical (unpaired) electrons. The van der Waals surface area contributed by atoms with E-state index in [4.69, 9.17) is 5.26 Å². The lowest BCUT2D eigenvalue weighted by Crippen LogP contribution is -2.05. The molecule has 1 heterocycles. The van der Waals surface area contributed by atoms with Crippen molar-refractivity contribution in [2.24, 2.45) is 5.92 Å². The highest BCUT2D eigenvalue weighted by Gasteiger charge is 2.45. The molecule has 2 rings (SSSR count). The lowest BCUT2D eigenvalue weighted by molar-refractivity contribution is 0.482. The van der Waals surface area contributed by atoms with E-state index in [1.807, 2.05) is 17.1 Å². The minimum absolute atomic E-state index is 0.185. The van der Waals surface area contributed by atoms with Crippen molar-refractivity contribution in [3.8, 4) is 6.07 Å². The molecule has 0 amide bonds. The Hall–Kier alpha value is -1.30. The summed E-state index contributed by atoms with van der Waals surface area (Å²) in [5.41, 5.74) is 0.913. The van der Waals surface area contributed by atoms with Gasteiger partial charge < -0.3 is 0 Å². The minimum Gasteiger partial charge on any atom is -0.272 e. The zero-order valence-corrected chi connectivity index (χ0v) is 8.70. The number of hydrogen-bond donors (Lipinski definition) is 0. The summed E-state index contributed by atoms with van der Waals surface area (Å²) in [7, 11) is 0. The Kier molecular flexibility index (Phi) is 2.07. The normalized spacial score (nSPS) is 18.1. The Morgan fingerprint density at radius 2 is 2.36 bits per heavy atom. The second-order valence-electron chi connectivity index (χ2n) is 4.54. The Labute approximate surface area is 84.3 Å². The Balaban J connectivity index is 2.15. The largest absolute Gasteiger partial charge is 0.272 e. The second-order valence-corrected chi connectivity index (χ2v) is 4.54. The zero-order valence-electron chi connectivity index (χ0n) is 8.70. The average molecular weight is 189 g/mol. The van der Waals surface area contributed by atoms with Crippen molar-refractivity contribution < 1.29 is 0 Å². The third-order valence-electron chi connectivity index (χ3n) is 2.70. The molecule has 0 saturated heterocycles. The highest BCUT2D eigenvalue weighted by Crippen LogP contribution is 2.47. The van der Waals surface area contributed by atoms with Crippen LogP contribution in [0.15, 0.2) is 12.4 Å². The standard InChI is InChI=1S/C11H15N3/c1-9(2)6-14-7-10(5-13-14)11(8-12)3-4-11/h5,7,9H,3-4,6H2,1-2H3. The van der Waals surface area contributed by atoms with Crippen LogP contribution in [0.5, 0.6) is 0 Å². The molecule has 1 saturated carbocycles. The molecular weight excluding hydrogens is 174 g/mol. The van der Waals surface area contributed by atoms with E-state index in [0.29, 0.717) is 5.92 Å². The van der Waals surface area contributed by atoms with Crippen molar-refractivity contribution in [2.45, 2.75) is 38.6 Å². The predicted octanol–water partition coefficient (Wildman–Crippen LogP) is 2.09. The Morgan fingerprint density at radius 1 is 1.64 bits per heavy atom. The fourth-order valence-corrected chi connectivity index (χ4v) is 1.67. The molecule has 0 atom stereocenters. The zero-order chi connectivity index (χ0) is 10.2. The second kappa shape index (κ2) is 3.13. The van der Waals surface area contributed by atoms with Gasteiger partial charge in [-0.25, -0.2) is 0 Å². The number of hydrogen-bond acceptors (Lipinski definition) is 2. The summed E-state index contributed by atoms with van der Waals surface area (Å²) in [6.45, 7) is 5.26. The predicted molar refractivity (Wildman–Crippen MR) is 53.6 cm³/mol. The maximum Gasteiger partial charge on any atom is 0.0854 e. The van der Waals surface area contributed by atoms with Gasteiger partial charge in [0.05, 0.1) is 17.7 Å². The Morgan fingerprint density at radius 3 is 2.86 bits per heavy atom. The lowest BCUT2D eigenvalue weighted by Gasteiger charge is -2.04. The SMILES string of the molecule is CC(C)Cn1cc(C2(C#N)CC2)cn1. The van der Waals surface area contributed by atoms with E-state index in [0.717, 1.165) is 24.9 Å². The van der Waals surface area contributed by atoms with Crippen LogP contribution in [0.2, 0.25) is 0 Å². The summed E-state index contributed by atoms with van der Waals surface area (Å²) in [5, 5.41) is 13.3. The molecular formula is C11H15N3. The molecule has 1 aromatic rings. The van der Waals surface area contributed by atoms with Gasteiger partial charge in [0, 0.05) is 18.3 Å². The van der Waals surface area contributed by atoms with E-state index in [1.165, 1.54) is 0 Å². The van der Waals surface area contributed by atoms with E-state index in [2.05, 4.69) is 25.0 Å². The van der Waals surface area contributed by atoms with Gasteiger partial charge in [0.15, 0.2) is 0 Å².